The summed E-state index contributed by atoms with van der Waals surface area (Å²) in [6.45, 7) is 5.21. The molecule has 0 aromatic heterocycles. The molecule has 0 aromatic carbocycles. The Bertz CT molecular complexity index is 221. The largest absolute Gasteiger partial charge is 0.376 e. The molecule has 0 amide bonds. The Labute approximate surface area is 86.3 Å². The zero-order chi connectivity index (χ0) is 9.97. The van der Waals surface area contributed by atoms with E-state index in [4.69, 9.17) is 4.74 Å². The zero-order valence-electron chi connectivity index (χ0n) is 9.20. The second kappa shape index (κ2) is 4.32. The molecule has 0 spiro atoms. The lowest BCUT2D eigenvalue weighted by molar-refractivity contribution is -0.0345. The number of hydrazine groups is 1. The van der Waals surface area contributed by atoms with Crippen LogP contribution in [0.2, 0.25) is 0 Å². The molecule has 0 aliphatic carbocycles. The quantitative estimate of drug-likeness (QED) is 0.667. The van der Waals surface area contributed by atoms with Gasteiger partial charge in [-0.15, -0.1) is 0 Å². The van der Waals surface area contributed by atoms with E-state index in [1.807, 2.05) is 0 Å². The molecule has 0 aromatic rings. The molecule has 1 fully saturated rings. The van der Waals surface area contributed by atoms with Crippen LogP contribution in [0.5, 0.6) is 0 Å². The summed E-state index contributed by atoms with van der Waals surface area (Å²) in [7, 11) is 2.13. The van der Waals surface area contributed by atoms with E-state index in [2.05, 4.69) is 30.2 Å². The molecule has 0 saturated carbocycles. The summed E-state index contributed by atoms with van der Waals surface area (Å²) in [4.78, 5) is 0. The summed E-state index contributed by atoms with van der Waals surface area (Å²) in [5, 5.41) is 4.54. The number of nitrogens with zero attached hydrogens (tertiary/aromatic N) is 2. The van der Waals surface area contributed by atoms with Crippen molar-refractivity contribution < 1.29 is 4.74 Å². The minimum atomic E-state index is 0.438. The topological polar surface area (TPSA) is 15.7 Å². The highest BCUT2D eigenvalue weighted by Crippen LogP contribution is 2.18. The minimum absolute atomic E-state index is 0.438. The first-order chi connectivity index (χ1) is 6.75. The Balaban J connectivity index is 1.84. The summed E-state index contributed by atoms with van der Waals surface area (Å²) in [5.74, 6) is 0. The van der Waals surface area contributed by atoms with E-state index in [1.54, 1.807) is 0 Å². The smallest absolute Gasteiger partial charge is 0.0765 e. The normalized spacial score (nSPS) is 29.4. The van der Waals surface area contributed by atoms with E-state index in [1.165, 1.54) is 24.8 Å². The van der Waals surface area contributed by atoms with Gasteiger partial charge in [-0.3, -0.25) is 0 Å². The standard InChI is InChI=1S/C11H20N2O/c1-10-7-12(2)13(8-10)9-11-5-3-4-6-14-11/h8,11H,3-7,9H2,1-2H3. The van der Waals surface area contributed by atoms with Crippen molar-refractivity contribution in [2.24, 2.45) is 0 Å². The maximum Gasteiger partial charge on any atom is 0.0765 e. The van der Waals surface area contributed by atoms with Gasteiger partial charge in [-0.1, -0.05) is 0 Å². The fourth-order valence-electron chi connectivity index (χ4n) is 2.20. The first kappa shape index (κ1) is 9.99. The summed E-state index contributed by atoms with van der Waals surface area (Å²) in [5.41, 5.74) is 1.43. The van der Waals surface area contributed by atoms with Crippen LogP contribution in [0.15, 0.2) is 11.8 Å². The highest BCUT2D eigenvalue weighted by atomic mass is 16.5. The molecule has 3 heteroatoms. The molecule has 2 aliphatic rings. The highest BCUT2D eigenvalue weighted by molar-refractivity contribution is 5.04. The molecule has 14 heavy (non-hydrogen) atoms. The van der Waals surface area contributed by atoms with E-state index in [9.17, 15) is 0 Å². The van der Waals surface area contributed by atoms with Gasteiger partial charge < -0.3 is 9.75 Å². The second-order valence-corrected chi connectivity index (χ2v) is 4.40. The van der Waals surface area contributed by atoms with Crippen molar-refractivity contribution in [2.45, 2.75) is 32.3 Å². The Morgan fingerprint density at radius 2 is 2.36 bits per heavy atom. The summed E-state index contributed by atoms with van der Waals surface area (Å²) >= 11 is 0. The summed E-state index contributed by atoms with van der Waals surface area (Å²) in [6, 6.07) is 0. The summed E-state index contributed by atoms with van der Waals surface area (Å²) < 4.78 is 5.73. The van der Waals surface area contributed by atoms with Crippen LogP contribution in [0.3, 0.4) is 0 Å². The predicted octanol–water partition coefficient (Wildman–Crippen LogP) is 1.62. The maximum absolute atomic E-state index is 5.73. The van der Waals surface area contributed by atoms with Gasteiger partial charge in [0.15, 0.2) is 0 Å². The van der Waals surface area contributed by atoms with Crippen molar-refractivity contribution in [2.75, 3.05) is 26.7 Å². The zero-order valence-corrected chi connectivity index (χ0v) is 9.20. The third kappa shape index (κ3) is 2.28. The molecule has 2 rings (SSSR count). The minimum Gasteiger partial charge on any atom is -0.376 e. The van der Waals surface area contributed by atoms with Gasteiger partial charge in [0, 0.05) is 26.4 Å². The van der Waals surface area contributed by atoms with E-state index in [-0.39, 0.29) is 0 Å². The average Bonchev–Trinajstić information content (AvgIpc) is 2.47. The summed E-state index contributed by atoms with van der Waals surface area (Å²) in [6.07, 6.45) is 6.45. The first-order valence-electron chi connectivity index (χ1n) is 5.52. The van der Waals surface area contributed by atoms with Crippen molar-refractivity contribution >= 4 is 0 Å². The van der Waals surface area contributed by atoms with Crippen LogP contribution >= 0.6 is 0 Å². The van der Waals surface area contributed by atoms with Crippen LogP contribution in [0.4, 0.5) is 0 Å². The lowest BCUT2D eigenvalue weighted by atomic mass is 10.1. The maximum atomic E-state index is 5.73. The van der Waals surface area contributed by atoms with Crippen molar-refractivity contribution in [1.82, 2.24) is 10.0 Å². The number of likely N-dealkylation sites (N-methyl/N-ethyl adjacent to an activating group) is 1. The third-order valence-electron chi connectivity index (χ3n) is 2.95. The molecule has 3 nitrogen and oxygen atoms in total. The molecular formula is C11H20N2O. The third-order valence-corrected chi connectivity index (χ3v) is 2.95. The Morgan fingerprint density at radius 1 is 1.50 bits per heavy atom. The fourth-order valence-corrected chi connectivity index (χ4v) is 2.20. The molecule has 2 heterocycles. The molecule has 0 N–H and O–H groups in total. The Morgan fingerprint density at radius 3 is 2.93 bits per heavy atom. The van der Waals surface area contributed by atoms with Crippen LogP contribution in [-0.2, 0) is 4.74 Å². The molecule has 1 saturated heterocycles. The van der Waals surface area contributed by atoms with Crippen molar-refractivity contribution in [3.05, 3.63) is 11.8 Å². The molecule has 1 atom stereocenters. The van der Waals surface area contributed by atoms with E-state index >= 15 is 0 Å². The average molecular weight is 196 g/mol. The van der Waals surface area contributed by atoms with Crippen LogP contribution in [-0.4, -0.2) is 42.9 Å². The van der Waals surface area contributed by atoms with Gasteiger partial charge in [0.1, 0.15) is 0 Å². The van der Waals surface area contributed by atoms with Gasteiger partial charge in [-0.2, -0.15) is 0 Å². The molecule has 80 valence electrons. The molecule has 1 unspecified atom stereocenters. The van der Waals surface area contributed by atoms with Crippen molar-refractivity contribution in [3.8, 4) is 0 Å². The lowest BCUT2D eigenvalue weighted by Crippen LogP contribution is -2.39. The Hall–Kier alpha value is -0.540. The molecule has 2 aliphatic heterocycles. The molecule has 0 bridgehead atoms. The van der Waals surface area contributed by atoms with E-state index in [0.717, 1.165) is 19.7 Å². The van der Waals surface area contributed by atoms with Gasteiger partial charge >= 0.3 is 0 Å². The predicted molar refractivity (Wildman–Crippen MR) is 56.7 cm³/mol. The van der Waals surface area contributed by atoms with Gasteiger partial charge in [0.2, 0.25) is 0 Å². The fraction of sp³-hybridized carbons (Fsp3) is 0.818. The number of ether oxygens (including phenoxy) is 1. The van der Waals surface area contributed by atoms with Crippen LogP contribution in [0.25, 0.3) is 0 Å². The van der Waals surface area contributed by atoms with Crippen LogP contribution in [0, 0.1) is 0 Å². The highest BCUT2D eigenvalue weighted by Gasteiger charge is 2.21. The van der Waals surface area contributed by atoms with Gasteiger partial charge in [0.25, 0.3) is 0 Å². The molecule has 0 radical (unpaired) electrons. The number of rotatable bonds is 2. The Kier molecular flexibility index (Phi) is 3.08. The number of hydrogen-bond acceptors (Lipinski definition) is 3. The second-order valence-electron chi connectivity index (χ2n) is 4.40. The van der Waals surface area contributed by atoms with E-state index < -0.39 is 0 Å². The van der Waals surface area contributed by atoms with Crippen molar-refractivity contribution in [3.63, 3.8) is 0 Å². The first-order valence-corrected chi connectivity index (χ1v) is 5.52. The van der Waals surface area contributed by atoms with Crippen LogP contribution < -0.4 is 0 Å². The molecular weight excluding hydrogens is 176 g/mol. The van der Waals surface area contributed by atoms with E-state index in [0.29, 0.717) is 6.10 Å². The number of hydrogen-bond donors (Lipinski definition) is 0. The van der Waals surface area contributed by atoms with Gasteiger partial charge in [0.05, 0.1) is 12.6 Å². The monoisotopic (exact) mass is 196 g/mol. The van der Waals surface area contributed by atoms with Gasteiger partial charge in [-0.05, 0) is 31.8 Å². The SMILES string of the molecule is CC1=CN(CC2CCCCO2)N(C)C1. The van der Waals surface area contributed by atoms with Crippen molar-refractivity contribution in [1.29, 1.82) is 0 Å². The lowest BCUT2D eigenvalue weighted by Gasteiger charge is -2.31. The van der Waals surface area contributed by atoms with Crippen LogP contribution in [0.1, 0.15) is 26.2 Å². The van der Waals surface area contributed by atoms with Gasteiger partial charge in [-0.25, -0.2) is 5.01 Å².